The number of anilines is 6. The van der Waals surface area contributed by atoms with Gasteiger partial charge in [0, 0.05) is 65.9 Å². The van der Waals surface area contributed by atoms with Gasteiger partial charge in [-0.25, -0.2) is 0 Å². The number of furan rings is 2. The Morgan fingerprint density at radius 3 is 0.973 bits per heavy atom. The lowest BCUT2D eigenvalue weighted by Gasteiger charge is -2.29. The summed E-state index contributed by atoms with van der Waals surface area (Å²) in [6.45, 7) is 9.42. The van der Waals surface area contributed by atoms with E-state index in [0.717, 1.165) is 72.2 Å². The summed E-state index contributed by atoms with van der Waals surface area (Å²) in [5.74, 6) is 0. The first kappa shape index (κ1) is 64.6. The van der Waals surface area contributed by atoms with Crippen LogP contribution in [0.5, 0.6) is 0 Å². The highest BCUT2D eigenvalue weighted by Gasteiger charge is 2.38. The van der Waals surface area contributed by atoms with E-state index in [0.29, 0.717) is 0 Å². The molecular weight excluding hydrogens is 1330 g/mol. The minimum Gasteiger partial charge on any atom is -0.456 e. The number of hydrogen-bond acceptors (Lipinski definition) is 4. The van der Waals surface area contributed by atoms with Crippen molar-refractivity contribution < 1.29 is 8.83 Å². The Hall–Kier alpha value is -13.8. The molecule has 4 heteroatoms. The average molecular weight is 1410 g/mol. The third-order valence-corrected chi connectivity index (χ3v) is 23.7. The number of rotatable bonds is 10. The summed E-state index contributed by atoms with van der Waals surface area (Å²) in [4.78, 5) is 4.91. The van der Waals surface area contributed by atoms with E-state index in [9.17, 15) is 0 Å². The molecule has 0 spiro atoms. The third kappa shape index (κ3) is 10.6. The lowest BCUT2D eigenvalue weighted by molar-refractivity contribution is 0.660. The van der Waals surface area contributed by atoms with Crippen LogP contribution >= 0.6 is 0 Å². The minimum absolute atomic E-state index is 0.104. The Morgan fingerprint density at radius 2 is 0.500 bits per heavy atom. The first-order chi connectivity index (χ1) is 54.0. The van der Waals surface area contributed by atoms with Crippen LogP contribution < -0.4 is 9.80 Å². The maximum absolute atomic E-state index is 6.19. The maximum Gasteiger partial charge on any atom is 0.136 e. The molecule has 110 heavy (non-hydrogen) atoms. The number of benzene rings is 18. The summed E-state index contributed by atoms with van der Waals surface area (Å²) in [7, 11) is 0. The van der Waals surface area contributed by atoms with Crippen molar-refractivity contribution in [3.8, 4) is 66.8 Å². The molecule has 2 heterocycles. The molecule has 2 aliphatic carbocycles. The second-order valence-corrected chi connectivity index (χ2v) is 30.7. The van der Waals surface area contributed by atoms with Gasteiger partial charge in [-0.1, -0.05) is 307 Å². The second kappa shape index (κ2) is 25.4. The molecular formula is C106H74N2O2. The zero-order valence-electron chi connectivity index (χ0n) is 61.5. The molecule has 2 aliphatic rings. The number of nitrogens with zero attached hydrogens (tertiary/aromatic N) is 2. The molecule has 520 valence electrons. The van der Waals surface area contributed by atoms with Crippen LogP contribution in [0.25, 0.3) is 154 Å². The van der Waals surface area contributed by atoms with E-state index < -0.39 is 0 Å². The molecule has 0 fully saturated rings. The fourth-order valence-electron chi connectivity index (χ4n) is 18.1. The maximum atomic E-state index is 6.19. The molecule has 2 aromatic heterocycles. The second-order valence-electron chi connectivity index (χ2n) is 30.7. The van der Waals surface area contributed by atoms with Gasteiger partial charge in [0.25, 0.3) is 0 Å². The SMILES string of the molecule is CC1(C)c2ccccc2-c2ccc(N(c3ccc(-c4ccc(-c5ccc6c(c5)oc5ccccc56)cc4)cc3)c3cc4ccccc4c4ccccc34)cc21.CC1(C)c2ccccc2-c2ccc(N(c3ccc(-c4ccc(-c5ccc6oc7ccccc7c6c5)cc4)cc3)c3cc4ccccc4c4ccccc34)cc21. The lowest BCUT2D eigenvalue weighted by atomic mass is 9.82. The fraction of sp³-hybridized carbons (Fsp3) is 0.0566. The van der Waals surface area contributed by atoms with Crippen molar-refractivity contribution in [1.29, 1.82) is 0 Å². The van der Waals surface area contributed by atoms with Crippen LogP contribution in [0, 0.1) is 0 Å². The summed E-state index contributed by atoms with van der Waals surface area (Å²) in [6, 6.07) is 137. The highest BCUT2D eigenvalue weighted by Crippen LogP contribution is 2.54. The van der Waals surface area contributed by atoms with Gasteiger partial charge in [-0.2, -0.15) is 0 Å². The van der Waals surface area contributed by atoms with Gasteiger partial charge in [0.2, 0.25) is 0 Å². The van der Waals surface area contributed by atoms with Gasteiger partial charge >= 0.3 is 0 Å². The van der Waals surface area contributed by atoms with E-state index in [1.54, 1.807) is 0 Å². The Labute approximate surface area is 639 Å². The van der Waals surface area contributed by atoms with E-state index in [1.165, 1.54) is 138 Å². The average Bonchev–Trinajstić information content (AvgIpc) is 1.51. The number of para-hydroxylation sites is 2. The molecule has 0 aliphatic heterocycles. The predicted molar refractivity (Wildman–Crippen MR) is 464 cm³/mol. The first-order valence-corrected chi connectivity index (χ1v) is 38.2. The van der Waals surface area contributed by atoms with Crippen LogP contribution in [0.3, 0.4) is 0 Å². The molecule has 0 bridgehead atoms. The smallest absolute Gasteiger partial charge is 0.136 e. The van der Waals surface area contributed by atoms with Gasteiger partial charge in [-0.3, -0.25) is 0 Å². The number of hydrogen-bond donors (Lipinski definition) is 0. The summed E-state index contributed by atoms with van der Waals surface area (Å²) in [5, 5.41) is 14.6. The molecule has 0 amide bonds. The van der Waals surface area contributed by atoms with Gasteiger partial charge < -0.3 is 18.6 Å². The van der Waals surface area contributed by atoms with Crippen molar-refractivity contribution in [2.24, 2.45) is 0 Å². The molecule has 18 aromatic carbocycles. The molecule has 0 radical (unpaired) electrons. The van der Waals surface area contributed by atoms with Gasteiger partial charge in [-0.15, -0.1) is 0 Å². The van der Waals surface area contributed by atoms with E-state index >= 15 is 0 Å². The third-order valence-electron chi connectivity index (χ3n) is 23.7. The van der Waals surface area contributed by atoms with Crippen LogP contribution in [0.4, 0.5) is 34.1 Å². The standard InChI is InChI=1S/2C53H37NO/c1-53(2)48-17-9-7-14-43(48)44-29-28-40(33-49(44)53)54(50-32-38-11-3-4-12-41(38)42-13-5-6-15-45(42)50)39-26-23-35(24-27-39)34-19-21-36(22-20-34)37-25-30-52-47(31-37)46-16-8-10-18-51(46)55-52;1-53(2)48-17-9-7-14-43(48)44-30-28-40(33-49(44)53)54(50-31-38-11-3-4-12-41(38)42-13-5-6-15-45(42)50)39-26-23-35(24-27-39)34-19-21-36(22-20-34)37-25-29-47-46-16-8-10-18-51(46)55-52(47)32-37/h2*3-33H,1-2H3. The summed E-state index contributed by atoms with van der Waals surface area (Å²) in [5.41, 5.74) is 30.6. The van der Waals surface area contributed by atoms with Crippen LogP contribution in [-0.4, -0.2) is 0 Å². The zero-order valence-corrected chi connectivity index (χ0v) is 61.5. The molecule has 0 saturated heterocycles. The van der Waals surface area contributed by atoms with Crippen LogP contribution in [0.2, 0.25) is 0 Å². The highest BCUT2D eigenvalue weighted by molar-refractivity contribution is 6.17. The zero-order chi connectivity index (χ0) is 73.3. The predicted octanol–water partition coefficient (Wildman–Crippen LogP) is 30.0. The van der Waals surface area contributed by atoms with Crippen LogP contribution in [-0.2, 0) is 10.8 Å². The topological polar surface area (TPSA) is 32.8 Å². The molecule has 0 atom stereocenters. The normalized spacial score (nSPS) is 13.1. The van der Waals surface area contributed by atoms with Crippen LogP contribution in [0.15, 0.2) is 385 Å². The van der Waals surface area contributed by atoms with E-state index in [1.807, 2.05) is 24.3 Å². The summed E-state index contributed by atoms with van der Waals surface area (Å²) >= 11 is 0. The Bertz CT molecular complexity index is 7070. The lowest BCUT2D eigenvalue weighted by Crippen LogP contribution is -2.16. The molecule has 0 unspecified atom stereocenters. The van der Waals surface area contributed by atoms with Crippen molar-refractivity contribution in [1.82, 2.24) is 0 Å². The molecule has 4 nitrogen and oxygen atoms in total. The van der Waals surface area contributed by atoms with Gasteiger partial charge in [0.1, 0.15) is 22.3 Å². The van der Waals surface area contributed by atoms with Crippen molar-refractivity contribution in [2.75, 3.05) is 9.80 Å². The quantitative estimate of drug-likeness (QED) is 0.128. The van der Waals surface area contributed by atoms with Crippen molar-refractivity contribution >= 4 is 121 Å². The van der Waals surface area contributed by atoms with E-state index in [4.69, 9.17) is 8.83 Å². The Balaban J connectivity index is 0.000000140. The van der Waals surface area contributed by atoms with Crippen molar-refractivity contribution in [2.45, 2.75) is 38.5 Å². The number of fused-ring (bicyclic) bond motifs is 18. The first-order valence-electron chi connectivity index (χ1n) is 38.2. The molecule has 20 aromatic rings. The van der Waals surface area contributed by atoms with E-state index in [2.05, 4.69) is 389 Å². The largest absolute Gasteiger partial charge is 0.456 e. The minimum atomic E-state index is -0.104. The Kier molecular flexibility index (Phi) is 14.9. The monoisotopic (exact) mass is 1410 g/mol. The van der Waals surface area contributed by atoms with Crippen molar-refractivity contribution in [3.05, 3.63) is 398 Å². The van der Waals surface area contributed by atoms with Gasteiger partial charge in [-0.05, 0) is 218 Å². The van der Waals surface area contributed by atoms with Gasteiger partial charge in [0.05, 0.1) is 11.4 Å². The molecule has 0 N–H and O–H groups in total. The summed E-state index contributed by atoms with van der Waals surface area (Å²) in [6.07, 6.45) is 0. The molecule has 0 saturated carbocycles. The Morgan fingerprint density at radius 1 is 0.191 bits per heavy atom. The van der Waals surface area contributed by atoms with Crippen LogP contribution in [0.1, 0.15) is 49.9 Å². The fourth-order valence-corrected chi connectivity index (χ4v) is 18.1. The molecule has 22 rings (SSSR count). The van der Waals surface area contributed by atoms with Gasteiger partial charge in [0.15, 0.2) is 0 Å². The summed E-state index contributed by atoms with van der Waals surface area (Å²) < 4.78 is 12.3. The van der Waals surface area contributed by atoms with E-state index in [-0.39, 0.29) is 10.8 Å². The van der Waals surface area contributed by atoms with Crippen molar-refractivity contribution in [3.63, 3.8) is 0 Å². The highest BCUT2D eigenvalue weighted by atomic mass is 16.3.